The summed E-state index contributed by atoms with van der Waals surface area (Å²) in [5, 5.41) is 19.3. The highest BCUT2D eigenvalue weighted by Crippen LogP contribution is 2.26. The first-order chi connectivity index (χ1) is 18.5. The fourth-order valence-corrected chi connectivity index (χ4v) is 3.47. The molecule has 0 saturated heterocycles. The summed E-state index contributed by atoms with van der Waals surface area (Å²) in [5.41, 5.74) is 5.09. The smallest absolute Gasteiger partial charge is 0.127 e. The van der Waals surface area contributed by atoms with E-state index in [0.717, 1.165) is 34.7 Å². The molecule has 0 saturated carbocycles. The van der Waals surface area contributed by atoms with Crippen molar-refractivity contribution in [1.82, 2.24) is 4.90 Å². The molecule has 0 aliphatic carbocycles. The molecule has 0 radical (unpaired) electrons. The Labute approximate surface area is 236 Å². The van der Waals surface area contributed by atoms with Crippen LogP contribution in [0.4, 0.5) is 4.39 Å². The minimum Gasteiger partial charge on any atom is -0.513 e. The monoisotopic (exact) mass is 546 g/mol. The zero-order valence-corrected chi connectivity index (χ0v) is 25.6. The Hall–Kier alpha value is -3.32. The van der Waals surface area contributed by atoms with E-state index < -0.39 is 6.10 Å². The number of carbonyl (C=O) groups is 2. The Morgan fingerprint density at radius 3 is 2.00 bits per heavy atom. The van der Waals surface area contributed by atoms with Gasteiger partial charge in [-0.25, -0.2) is 9.38 Å². The van der Waals surface area contributed by atoms with E-state index >= 15 is 0 Å². The van der Waals surface area contributed by atoms with Crippen LogP contribution in [0.2, 0.25) is 0 Å². The minimum atomic E-state index is -0.633. The second-order valence-corrected chi connectivity index (χ2v) is 8.95. The van der Waals surface area contributed by atoms with E-state index in [1.165, 1.54) is 17.7 Å². The molecule has 220 valence electrons. The number of nitrogens with zero attached hydrogens (tertiary/aromatic N) is 2. The van der Waals surface area contributed by atoms with E-state index in [1.807, 2.05) is 65.5 Å². The van der Waals surface area contributed by atoms with Crippen molar-refractivity contribution in [3.63, 3.8) is 0 Å². The number of aliphatic hydroxyl groups is 2. The van der Waals surface area contributed by atoms with Gasteiger partial charge in [-0.3, -0.25) is 0 Å². The van der Waals surface area contributed by atoms with Gasteiger partial charge in [0.15, 0.2) is 0 Å². The molecular formula is C32H51FN2O4. The molecule has 1 aromatic carbocycles. The third-order valence-corrected chi connectivity index (χ3v) is 5.49. The molecule has 0 amide bonds. The van der Waals surface area contributed by atoms with Crippen molar-refractivity contribution in [2.24, 2.45) is 10.9 Å². The van der Waals surface area contributed by atoms with E-state index in [0.29, 0.717) is 12.8 Å². The molecule has 0 spiro atoms. The lowest BCUT2D eigenvalue weighted by atomic mass is 9.91. The molecule has 0 aliphatic heterocycles. The summed E-state index contributed by atoms with van der Waals surface area (Å²) in [6, 6.07) is 6.51. The van der Waals surface area contributed by atoms with Crippen molar-refractivity contribution in [2.45, 2.75) is 80.3 Å². The van der Waals surface area contributed by atoms with Crippen molar-refractivity contribution >= 4 is 24.9 Å². The Morgan fingerprint density at radius 1 is 1.08 bits per heavy atom. The average molecular weight is 547 g/mol. The van der Waals surface area contributed by atoms with Gasteiger partial charge in [0.2, 0.25) is 0 Å². The van der Waals surface area contributed by atoms with E-state index in [2.05, 4.69) is 34.3 Å². The molecule has 6 nitrogen and oxygen atoms in total. The van der Waals surface area contributed by atoms with E-state index in [4.69, 9.17) is 14.6 Å². The summed E-state index contributed by atoms with van der Waals surface area (Å²) in [6.07, 6.45) is 5.68. The summed E-state index contributed by atoms with van der Waals surface area (Å²) in [6.45, 7) is 21.9. The van der Waals surface area contributed by atoms with Gasteiger partial charge in [-0.15, -0.1) is 0 Å². The second-order valence-electron chi connectivity index (χ2n) is 8.95. The lowest BCUT2D eigenvalue weighted by Crippen LogP contribution is -2.18. The van der Waals surface area contributed by atoms with E-state index in [-0.39, 0.29) is 23.9 Å². The van der Waals surface area contributed by atoms with Crippen molar-refractivity contribution < 1.29 is 24.2 Å². The molecule has 1 atom stereocenters. The maximum Gasteiger partial charge on any atom is 0.127 e. The van der Waals surface area contributed by atoms with Gasteiger partial charge in [0, 0.05) is 20.5 Å². The number of hydrogen-bond donors (Lipinski definition) is 2. The topological polar surface area (TPSA) is 90.2 Å². The number of aliphatic hydroxyl groups excluding tert-OH is 2. The van der Waals surface area contributed by atoms with Crippen LogP contribution in [0.25, 0.3) is 5.57 Å². The van der Waals surface area contributed by atoms with Crippen LogP contribution in [0.3, 0.4) is 0 Å². The van der Waals surface area contributed by atoms with Crippen molar-refractivity contribution in [3.8, 4) is 0 Å². The number of halogens is 1. The van der Waals surface area contributed by atoms with Gasteiger partial charge in [-0.05, 0) is 73.4 Å². The van der Waals surface area contributed by atoms with E-state index in [9.17, 15) is 14.6 Å². The van der Waals surface area contributed by atoms with Crippen molar-refractivity contribution in [1.29, 1.82) is 0 Å². The molecule has 2 N–H and O–H groups in total. The quantitative estimate of drug-likeness (QED) is 0.159. The highest BCUT2D eigenvalue weighted by atomic mass is 19.1. The summed E-state index contributed by atoms with van der Waals surface area (Å²) in [5.74, 6) is 0.818. The maximum atomic E-state index is 13.5. The molecule has 0 fully saturated rings. The van der Waals surface area contributed by atoms with Crippen LogP contribution >= 0.6 is 0 Å². The Morgan fingerprint density at radius 2 is 1.59 bits per heavy atom. The van der Waals surface area contributed by atoms with Gasteiger partial charge in [-0.2, -0.15) is 0 Å². The molecule has 7 heteroatoms. The first-order valence-corrected chi connectivity index (χ1v) is 13.2. The summed E-state index contributed by atoms with van der Waals surface area (Å²) < 4.78 is 13.5. The standard InChI is InChI=1S/C28H41FN2O2.C2H6.2CH2O/c1-9-20(4)28(31(7)8)30-27(19(2)3)26(13-11-10-12-25(33)18-21(5)32)22(6)23-14-16-24(29)17-15-23;3*1-2/h11,13-17,19,25,32-33H,5,9-10,12,18H2,1-4,6-8H3;1-2H3;2*1H2/b13-11+,26-22+,28-20-,30-27-;;;. The second kappa shape index (κ2) is 23.8. The zero-order valence-electron chi connectivity index (χ0n) is 25.6. The highest BCUT2D eigenvalue weighted by Gasteiger charge is 2.16. The normalized spacial score (nSPS) is 13.0. The largest absolute Gasteiger partial charge is 0.513 e. The number of carbonyl (C=O) groups excluding carboxylic acids is 2. The lowest BCUT2D eigenvalue weighted by molar-refractivity contribution is -0.0987. The summed E-state index contributed by atoms with van der Waals surface area (Å²) in [7, 11) is 4.00. The van der Waals surface area contributed by atoms with Crippen molar-refractivity contribution in [3.05, 3.63) is 77.1 Å². The SMILES string of the molecule is C=C(O)CC(O)CC/C=C/C(C(=N\C(=C(/C)CC)N(C)C)/C(C)C)=C(/C)c1ccc(F)cc1.C=O.C=O.CC. The number of benzene rings is 1. The number of hydrogen-bond acceptors (Lipinski definition) is 6. The first-order valence-electron chi connectivity index (χ1n) is 13.2. The molecular weight excluding hydrogens is 495 g/mol. The molecule has 0 bridgehead atoms. The molecule has 39 heavy (non-hydrogen) atoms. The number of rotatable bonds is 12. The molecule has 0 aromatic heterocycles. The predicted molar refractivity (Wildman–Crippen MR) is 164 cm³/mol. The van der Waals surface area contributed by atoms with Crippen LogP contribution in [0.15, 0.2) is 70.7 Å². The van der Waals surface area contributed by atoms with Gasteiger partial charge in [-0.1, -0.05) is 65.5 Å². The van der Waals surface area contributed by atoms with E-state index in [1.54, 1.807) is 12.1 Å². The fraction of sp³-hybridized carbons (Fsp3) is 0.469. The van der Waals surface area contributed by atoms with Crippen LogP contribution in [0.1, 0.15) is 79.7 Å². The predicted octanol–water partition coefficient (Wildman–Crippen LogP) is 7.71. The van der Waals surface area contributed by atoms with Crippen LogP contribution in [-0.2, 0) is 9.59 Å². The summed E-state index contributed by atoms with van der Waals surface area (Å²) >= 11 is 0. The van der Waals surface area contributed by atoms with Crippen LogP contribution in [0, 0.1) is 11.7 Å². The Balaban J connectivity index is -0.00000201. The van der Waals surface area contributed by atoms with Crippen LogP contribution in [0.5, 0.6) is 0 Å². The molecule has 1 unspecified atom stereocenters. The fourth-order valence-electron chi connectivity index (χ4n) is 3.47. The lowest BCUT2D eigenvalue weighted by Gasteiger charge is -2.21. The summed E-state index contributed by atoms with van der Waals surface area (Å²) in [4.78, 5) is 23.1. The number of allylic oxidation sites excluding steroid dienone is 5. The molecule has 1 rings (SSSR count). The van der Waals surface area contributed by atoms with Gasteiger partial charge < -0.3 is 24.7 Å². The number of aliphatic imine (C=N–C) groups is 1. The molecule has 0 aliphatic rings. The first kappa shape index (κ1) is 40.2. The molecule has 1 aromatic rings. The Kier molecular flexibility index (Phi) is 24.5. The zero-order chi connectivity index (χ0) is 31.1. The Bertz CT molecular complexity index is 943. The van der Waals surface area contributed by atoms with Gasteiger partial charge in [0.1, 0.15) is 25.2 Å². The van der Waals surface area contributed by atoms with Crippen molar-refractivity contribution in [2.75, 3.05) is 14.1 Å². The van der Waals surface area contributed by atoms with Gasteiger partial charge >= 0.3 is 0 Å². The average Bonchev–Trinajstić information content (AvgIpc) is 2.92. The van der Waals surface area contributed by atoms with Gasteiger partial charge in [0.05, 0.1) is 17.6 Å². The van der Waals surface area contributed by atoms with Crippen LogP contribution < -0.4 is 0 Å². The molecule has 0 heterocycles. The highest BCUT2D eigenvalue weighted by molar-refractivity contribution is 6.09. The van der Waals surface area contributed by atoms with Gasteiger partial charge in [0.25, 0.3) is 0 Å². The maximum absolute atomic E-state index is 13.5. The third kappa shape index (κ3) is 16.3. The minimum absolute atomic E-state index is 0.0113. The van der Waals surface area contributed by atoms with Crippen LogP contribution in [-0.4, -0.2) is 54.6 Å². The third-order valence-electron chi connectivity index (χ3n) is 5.49.